The molecule has 2 aliphatic heterocycles. The molecule has 2 saturated heterocycles. The molecule has 0 atom stereocenters. The Labute approximate surface area is 211 Å². The monoisotopic (exact) mass is 491 g/mol. The predicted octanol–water partition coefficient (Wildman–Crippen LogP) is 2.89. The van der Waals surface area contributed by atoms with E-state index in [1.165, 1.54) is 0 Å². The summed E-state index contributed by atoms with van der Waals surface area (Å²) in [7, 11) is 2.06. The van der Waals surface area contributed by atoms with E-state index >= 15 is 0 Å². The van der Waals surface area contributed by atoms with E-state index in [4.69, 9.17) is 14.2 Å². The fourth-order valence-electron chi connectivity index (χ4n) is 5.05. The smallest absolute Gasteiger partial charge is 0.222 e. The number of likely N-dealkylation sites (N-methyl/N-ethyl adjacent to an activating group) is 1. The average molecular weight is 492 g/mol. The number of ether oxygens (including phenoxy) is 3. The Balaban J connectivity index is 1.07. The molecule has 0 spiro atoms. The van der Waals surface area contributed by atoms with Crippen molar-refractivity contribution in [1.82, 2.24) is 19.9 Å². The van der Waals surface area contributed by atoms with Gasteiger partial charge >= 0.3 is 0 Å². The molecule has 0 unspecified atom stereocenters. The van der Waals surface area contributed by atoms with Gasteiger partial charge in [0.15, 0.2) is 0 Å². The van der Waals surface area contributed by atoms with Crippen molar-refractivity contribution in [3.63, 3.8) is 0 Å². The first kappa shape index (κ1) is 23.2. The summed E-state index contributed by atoms with van der Waals surface area (Å²) >= 11 is 0. The molecule has 36 heavy (non-hydrogen) atoms. The van der Waals surface area contributed by atoms with E-state index in [1.807, 2.05) is 12.4 Å². The number of hydrogen-bond acceptors (Lipinski definition) is 10. The first-order chi connectivity index (χ1) is 17.7. The Kier molecular flexibility index (Phi) is 6.69. The van der Waals surface area contributed by atoms with Crippen LogP contribution in [0.2, 0.25) is 0 Å². The predicted molar refractivity (Wildman–Crippen MR) is 138 cm³/mol. The van der Waals surface area contributed by atoms with Crippen molar-refractivity contribution in [2.45, 2.75) is 43.9 Å². The lowest BCUT2D eigenvalue weighted by molar-refractivity contribution is 0.0101. The molecule has 1 N–H and O–H groups in total. The van der Waals surface area contributed by atoms with E-state index in [0.29, 0.717) is 18.0 Å². The zero-order valence-electron chi connectivity index (χ0n) is 20.7. The van der Waals surface area contributed by atoms with Crippen molar-refractivity contribution in [2.75, 3.05) is 61.7 Å². The molecule has 3 aromatic rings. The molecule has 190 valence electrons. The van der Waals surface area contributed by atoms with Gasteiger partial charge < -0.3 is 29.3 Å². The van der Waals surface area contributed by atoms with Crippen molar-refractivity contribution in [3.8, 4) is 5.75 Å². The first-order valence-electron chi connectivity index (χ1n) is 12.9. The third-order valence-electron chi connectivity index (χ3n) is 7.41. The van der Waals surface area contributed by atoms with Crippen LogP contribution in [-0.2, 0) is 9.47 Å². The van der Waals surface area contributed by atoms with Crippen LogP contribution in [0.3, 0.4) is 0 Å². The van der Waals surface area contributed by atoms with Crippen molar-refractivity contribution < 1.29 is 14.2 Å². The summed E-state index contributed by atoms with van der Waals surface area (Å²) in [4.78, 5) is 22.7. The van der Waals surface area contributed by atoms with E-state index in [1.54, 1.807) is 12.4 Å². The molecule has 4 heterocycles. The second-order valence-electron chi connectivity index (χ2n) is 9.77. The number of anilines is 3. The van der Waals surface area contributed by atoms with E-state index in [-0.39, 0.29) is 6.10 Å². The maximum Gasteiger partial charge on any atom is 0.222 e. The van der Waals surface area contributed by atoms with E-state index < -0.39 is 0 Å². The Morgan fingerprint density at radius 1 is 0.944 bits per heavy atom. The van der Waals surface area contributed by atoms with Gasteiger partial charge in [0, 0.05) is 50.3 Å². The van der Waals surface area contributed by atoms with Gasteiger partial charge in [-0.05, 0) is 31.7 Å². The summed E-state index contributed by atoms with van der Waals surface area (Å²) in [5, 5.41) is 3.51. The standard InChI is InChI=1S/C26H33N7O3/c1-32(21-16-35-17-21)20-14-29-26(30-15-20)31-18-2-4-22(5-3-18)36-24-13-19(33-8-10-34-11-9-33)12-23-25(24)28-7-6-27-23/h6-7,12-15,18,21-22H,2-5,8-11,16-17H2,1H3,(H,29,30,31)/t18-,22+. The Morgan fingerprint density at radius 2 is 1.69 bits per heavy atom. The molecular formula is C26H33N7O3. The van der Waals surface area contributed by atoms with Crippen LogP contribution < -0.4 is 19.9 Å². The number of morpholine rings is 1. The quantitative estimate of drug-likeness (QED) is 0.531. The minimum atomic E-state index is 0.148. The van der Waals surface area contributed by atoms with Gasteiger partial charge in [0.05, 0.1) is 62.2 Å². The van der Waals surface area contributed by atoms with Crippen LogP contribution in [0.4, 0.5) is 17.3 Å². The minimum absolute atomic E-state index is 0.148. The van der Waals surface area contributed by atoms with Gasteiger partial charge in [0.1, 0.15) is 11.3 Å². The number of benzene rings is 1. The fraction of sp³-hybridized carbons (Fsp3) is 0.538. The summed E-state index contributed by atoms with van der Waals surface area (Å²) in [6, 6.07) is 4.98. The highest BCUT2D eigenvalue weighted by atomic mass is 16.5. The molecule has 10 nitrogen and oxygen atoms in total. The number of rotatable bonds is 7. The molecule has 0 radical (unpaired) electrons. The van der Waals surface area contributed by atoms with Gasteiger partial charge in [-0.15, -0.1) is 0 Å². The molecule has 1 saturated carbocycles. The zero-order valence-corrected chi connectivity index (χ0v) is 20.7. The van der Waals surface area contributed by atoms with E-state index in [9.17, 15) is 0 Å². The van der Waals surface area contributed by atoms with Crippen LogP contribution in [-0.4, -0.2) is 84.7 Å². The highest BCUT2D eigenvalue weighted by Gasteiger charge is 2.26. The topological polar surface area (TPSA) is 97.8 Å². The number of aromatic nitrogens is 4. The molecule has 2 aromatic heterocycles. The summed E-state index contributed by atoms with van der Waals surface area (Å²) in [6.45, 7) is 4.75. The molecule has 1 aromatic carbocycles. The summed E-state index contributed by atoms with van der Waals surface area (Å²) in [5.74, 6) is 1.50. The van der Waals surface area contributed by atoms with E-state index in [0.717, 1.165) is 93.4 Å². The summed E-state index contributed by atoms with van der Waals surface area (Å²) in [6.07, 6.45) is 11.3. The maximum absolute atomic E-state index is 6.54. The normalized spacial score (nSPS) is 22.8. The number of fused-ring (bicyclic) bond motifs is 1. The second kappa shape index (κ2) is 10.4. The molecular weight excluding hydrogens is 458 g/mol. The lowest BCUT2D eigenvalue weighted by atomic mass is 9.93. The van der Waals surface area contributed by atoms with Crippen LogP contribution in [0.15, 0.2) is 36.9 Å². The lowest BCUT2D eigenvalue weighted by Gasteiger charge is -2.35. The number of hydrogen-bond donors (Lipinski definition) is 1. The largest absolute Gasteiger partial charge is 0.488 e. The lowest BCUT2D eigenvalue weighted by Crippen LogP contribution is -2.47. The third-order valence-corrected chi connectivity index (χ3v) is 7.41. The van der Waals surface area contributed by atoms with Crippen molar-refractivity contribution in [1.29, 1.82) is 0 Å². The molecule has 1 aliphatic carbocycles. The SMILES string of the molecule is CN(c1cnc(N[C@H]2CC[C@@H](Oc3cc(N4CCOCC4)cc4nccnc34)CC2)nc1)C1COC1. The Bertz CT molecular complexity index is 1160. The first-order valence-corrected chi connectivity index (χ1v) is 12.9. The maximum atomic E-state index is 6.54. The third kappa shape index (κ3) is 5.01. The van der Waals surface area contributed by atoms with Crippen LogP contribution in [0, 0.1) is 0 Å². The fourth-order valence-corrected chi connectivity index (χ4v) is 5.05. The number of nitrogens with one attached hydrogen (secondary N) is 1. The summed E-state index contributed by atoms with van der Waals surface area (Å²) in [5.41, 5.74) is 3.82. The zero-order chi connectivity index (χ0) is 24.3. The van der Waals surface area contributed by atoms with Gasteiger partial charge in [-0.25, -0.2) is 15.0 Å². The Hall–Kier alpha value is -3.24. The Morgan fingerprint density at radius 3 is 2.42 bits per heavy atom. The second-order valence-corrected chi connectivity index (χ2v) is 9.77. The highest BCUT2D eigenvalue weighted by Crippen LogP contribution is 2.33. The van der Waals surface area contributed by atoms with Gasteiger partial charge in [0.25, 0.3) is 0 Å². The van der Waals surface area contributed by atoms with Crippen LogP contribution >= 0.6 is 0 Å². The van der Waals surface area contributed by atoms with Crippen LogP contribution in [0.5, 0.6) is 5.75 Å². The van der Waals surface area contributed by atoms with Gasteiger partial charge in [-0.2, -0.15) is 0 Å². The average Bonchev–Trinajstić information content (AvgIpc) is 2.90. The van der Waals surface area contributed by atoms with Crippen LogP contribution in [0.25, 0.3) is 11.0 Å². The molecule has 0 bridgehead atoms. The molecule has 3 aliphatic rings. The van der Waals surface area contributed by atoms with Gasteiger partial charge in [0.2, 0.25) is 5.95 Å². The van der Waals surface area contributed by atoms with Crippen LogP contribution in [0.1, 0.15) is 25.7 Å². The molecule has 6 rings (SSSR count). The van der Waals surface area contributed by atoms with Gasteiger partial charge in [-0.3, -0.25) is 4.98 Å². The number of nitrogens with zero attached hydrogens (tertiary/aromatic N) is 6. The van der Waals surface area contributed by atoms with Crippen molar-refractivity contribution in [3.05, 3.63) is 36.9 Å². The molecule has 0 amide bonds. The molecule has 10 heteroatoms. The van der Waals surface area contributed by atoms with Crippen molar-refractivity contribution in [2.24, 2.45) is 0 Å². The minimum Gasteiger partial charge on any atom is -0.488 e. The highest BCUT2D eigenvalue weighted by molar-refractivity contribution is 5.85. The molecule has 3 fully saturated rings. The van der Waals surface area contributed by atoms with Gasteiger partial charge in [-0.1, -0.05) is 0 Å². The summed E-state index contributed by atoms with van der Waals surface area (Å²) < 4.78 is 17.4. The van der Waals surface area contributed by atoms with E-state index in [2.05, 4.69) is 54.2 Å². The van der Waals surface area contributed by atoms with Crippen molar-refractivity contribution >= 4 is 28.4 Å².